The van der Waals surface area contributed by atoms with E-state index in [0.29, 0.717) is 12.0 Å². The Balaban J connectivity index is 1.40. The highest BCUT2D eigenvalue weighted by atomic mass is 35.5. The molecule has 142 valence electrons. The number of halogens is 1. The Kier molecular flexibility index (Phi) is 4.68. The molecule has 2 aliphatic carbocycles. The van der Waals surface area contributed by atoms with Gasteiger partial charge < -0.3 is 10.2 Å². The van der Waals surface area contributed by atoms with Gasteiger partial charge in [0.1, 0.15) is 17.5 Å². The third-order valence-corrected chi connectivity index (χ3v) is 6.37. The van der Waals surface area contributed by atoms with Gasteiger partial charge in [-0.15, -0.1) is 0 Å². The largest absolute Gasteiger partial charge is 0.367 e. The lowest BCUT2D eigenvalue weighted by molar-refractivity contribution is 0.461. The predicted octanol–water partition coefficient (Wildman–Crippen LogP) is 5.31. The van der Waals surface area contributed by atoms with Gasteiger partial charge in [0, 0.05) is 36.1 Å². The predicted molar refractivity (Wildman–Crippen MR) is 111 cm³/mol. The van der Waals surface area contributed by atoms with Crippen molar-refractivity contribution in [2.45, 2.75) is 69.9 Å². The van der Waals surface area contributed by atoms with Crippen LogP contribution in [0, 0.1) is 0 Å². The summed E-state index contributed by atoms with van der Waals surface area (Å²) in [5.74, 6) is 3.70. The van der Waals surface area contributed by atoms with Crippen LogP contribution in [0.1, 0.15) is 67.8 Å². The van der Waals surface area contributed by atoms with E-state index < -0.39 is 0 Å². The number of nitrogens with one attached hydrogen (secondary N) is 1. The summed E-state index contributed by atoms with van der Waals surface area (Å²) in [5.41, 5.74) is 2.73. The van der Waals surface area contributed by atoms with Crippen LogP contribution in [-0.4, -0.2) is 22.6 Å². The van der Waals surface area contributed by atoms with Gasteiger partial charge >= 0.3 is 0 Å². The third-order valence-electron chi connectivity index (χ3n) is 6.13. The first-order valence-electron chi connectivity index (χ1n) is 10.4. The van der Waals surface area contributed by atoms with E-state index in [2.05, 4.69) is 28.4 Å². The lowest BCUT2D eigenvalue weighted by Crippen LogP contribution is -2.31. The zero-order chi connectivity index (χ0) is 18.2. The molecule has 0 radical (unpaired) electrons. The van der Waals surface area contributed by atoms with Gasteiger partial charge in [0.15, 0.2) is 0 Å². The van der Waals surface area contributed by atoms with Gasteiger partial charge in [-0.2, -0.15) is 0 Å². The van der Waals surface area contributed by atoms with E-state index in [4.69, 9.17) is 21.6 Å². The summed E-state index contributed by atoms with van der Waals surface area (Å²) in [6, 6.07) is 9.00. The molecule has 0 atom stereocenters. The van der Waals surface area contributed by atoms with Crippen LogP contribution >= 0.6 is 11.6 Å². The van der Waals surface area contributed by atoms with Gasteiger partial charge in [-0.1, -0.05) is 36.9 Å². The smallest absolute Gasteiger partial charge is 0.136 e. The Morgan fingerprint density at radius 1 is 0.963 bits per heavy atom. The fourth-order valence-electron chi connectivity index (χ4n) is 4.39. The lowest BCUT2D eigenvalue weighted by Gasteiger charge is -2.31. The van der Waals surface area contributed by atoms with Crippen molar-refractivity contribution in [2.24, 2.45) is 0 Å². The maximum absolute atomic E-state index is 6.16. The van der Waals surface area contributed by atoms with E-state index >= 15 is 0 Å². The molecular formula is C22H27ClN4. The monoisotopic (exact) mass is 382 g/mol. The van der Waals surface area contributed by atoms with E-state index in [0.717, 1.165) is 42.0 Å². The van der Waals surface area contributed by atoms with Crippen LogP contribution in [0.15, 0.2) is 24.3 Å². The molecular weight excluding hydrogens is 356 g/mol. The first-order chi connectivity index (χ1) is 13.2. The molecule has 2 saturated carbocycles. The summed E-state index contributed by atoms with van der Waals surface area (Å²) in [6.07, 6.45) is 10.0. The van der Waals surface area contributed by atoms with Crippen LogP contribution < -0.4 is 10.2 Å². The second-order valence-corrected chi connectivity index (χ2v) is 8.74. The van der Waals surface area contributed by atoms with Crippen LogP contribution in [0.5, 0.6) is 0 Å². The maximum atomic E-state index is 6.16. The summed E-state index contributed by atoms with van der Waals surface area (Å²) < 4.78 is 0. The number of fused-ring (bicyclic) bond motifs is 1. The zero-order valence-corrected chi connectivity index (χ0v) is 16.5. The normalized spacial score (nSPS) is 20.4. The number of aromatic nitrogens is 2. The molecule has 0 saturated heterocycles. The molecule has 0 bridgehead atoms. The van der Waals surface area contributed by atoms with Crippen molar-refractivity contribution in [1.29, 1.82) is 0 Å². The van der Waals surface area contributed by atoms with Gasteiger partial charge in [0.05, 0.1) is 0 Å². The van der Waals surface area contributed by atoms with Crippen LogP contribution in [0.4, 0.5) is 11.6 Å². The van der Waals surface area contributed by atoms with Crippen LogP contribution in [0.2, 0.25) is 5.02 Å². The standard InChI is InChI=1S/C22H27ClN4/c23-18-9-8-17-14-27(11-10-16(17)12-18)21-13-20(24-19-4-2-1-3-5-19)25-22(26-21)15-6-7-15/h8-9,12-13,15,19H,1-7,10-11,14H2,(H,24,25,26). The molecule has 5 rings (SSSR count). The van der Waals surface area contributed by atoms with Gasteiger partial charge in [-0.05, 0) is 55.4 Å². The highest BCUT2D eigenvalue weighted by Crippen LogP contribution is 2.39. The van der Waals surface area contributed by atoms with Gasteiger partial charge in [-0.3, -0.25) is 0 Å². The number of anilines is 2. The first kappa shape index (κ1) is 17.3. The lowest BCUT2D eigenvalue weighted by atomic mass is 9.95. The minimum absolute atomic E-state index is 0.563. The van der Waals surface area contributed by atoms with E-state index in [-0.39, 0.29) is 0 Å². The second-order valence-electron chi connectivity index (χ2n) is 8.31. The van der Waals surface area contributed by atoms with E-state index in [9.17, 15) is 0 Å². The van der Waals surface area contributed by atoms with Crippen molar-refractivity contribution in [3.63, 3.8) is 0 Å². The zero-order valence-electron chi connectivity index (χ0n) is 15.8. The van der Waals surface area contributed by atoms with Crippen LogP contribution in [-0.2, 0) is 13.0 Å². The fourth-order valence-corrected chi connectivity index (χ4v) is 4.58. The molecule has 27 heavy (non-hydrogen) atoms. The van der Waals surface area contributed by atoms with E-state index in [1.807, 2.05) is 6.07 Å². The van der Waals surface area contributed by atoms with Crippen molar-refractivity contribution in [2.75, 3.05) is 16.8 Å². The van der Waals surface area contributed by atoms with Crippen molar-refractivity contribution in [3.05, 3.63) is 46.2 Å². The van der Waals surface area contributed by atoms with Crippen LogP contribution in [0.3, 0.4) is 0 Å². The van der Waals surface area contributed by atoms with Gasteiger partial charge in [0.2, 0.25) is 0 Å². The molecule has 0 unspecified atom stereocenters. The summed E-state index contributed by atoms with van der Waals surface area (Å²) in [4.78, 5) is 12.2. The average Bonchev–Trinajstić information content (AvgIpc) is 3.53. The Labute approximate surface area is 166 Å². The summed E-state index contributed by atoms with van der Waals surface area (Å²) in [6.45, 7) is 1.88. The van der Waals surface area contributed by atoms with Crippen LogP contribution in [0.25, 0.3) is 0 Å². The quantitative estimate of drug-likeness (QED) is 0.777. The number of benzene rings is 1. The SMILES string of the molecule is Clc1ccc2c(c1)CCN(c1cc(NC3CCCCC3)nc(C3CC3)n1)C2. The van der Waals surface area contributed by atoms with Crippen molar-refractivity contribution >= 4 is 23.2 Å². The molecule has 3 aliphatic rings. The second kappa shape index (κ2) is 7.31. The van der Waals surface area contributed by atoms with Crippen molar-refractivity contribution in [1.82, 2.24) is 9.97 Å². The number of hydrogen-bond acceptors (Lipinski definition) is 4. The summed E-state index contributed by atoms with van der Waals surface area (Å²) in [7, 11) is 0. The molecule has 1 aliphatic heterocycles. The molecule has 2 heterocycles. The fraction of sp³-hybridized carbons (Fsp3) is 0.545. The highest BCUT2D eigenvalue weighted by Gasteiger charge is 2.29. The molecule has 5 heteroatoms. The number of rotatable bonds is 4. The van der Waals surface area contributed by atoms with E-state index in [1.165, 1.54) is 56.1 Å². The Morgan fingerprint density at radius 2 is 1.81 bits per heavy atom. The molecule has 1 aromatic heterocycles. The Morgan fingerprint density at radius 3 is 2.63 bits per heavy atom. The molecule has 2 aromatic rings. The molecule has 4 nitrogen and oxygen atoms in total. The molecule has 2 fully saturated rings. The van der Waals surface area contributed by atoms with Gasteiger partial charge in [-0.25, -0.2) is 9.97 Å². The van der Waals surface area contributed by atoms with Crippen molar-refractivity contribution in [3.8, 4) is 0 Å². The van der Waals surface area contributed by atoms with Crippen molar-refractivity contribution < 1.29 is 0 Å². The summed E-state index contributed by atoms with van der Waals surface area (Å²) >= 11 is 6.16. The summed E-state index contributed by atoms with van der Waals surface area (Å²) in [5, 5.41) is 4.55. The van der Waals surface area contributed by atoms with E-state index in [1.54, 1.807) is 0 Å². The van der Waals surface area contributed by atoms with Gasteiger partial charge in [0.25, 0.3) is 0 Å². The number of nitrogens with zero attached hydrogens (tertiary/aromatic N) is 3. The molecule has 1 N–H and O–H groups in total. The minimum Gasteiger partial charge on any atom is -0.367 e. The molecule has 0 spiro atoms. The topological polar surface area (TPSA) is 41.0 Å². The maximum Gasteiger partial charge on any atom is 0.136 e. The molecule has 0 amide bonds. The average molecular weight is 383 g/mol. The molecule has 1 aromatic carbocycles. The number of hydrogen-bond donors (Lipinski definition) is 1. The Hall–Kier alpha value is -1.81. The first-order valence-corrected chi connectivity index (χ1v) is 10.8. The minimum atomic E-state index is 0.563. The Bertz CT molecular complexity index is 827. The third kappa shape index (κ3) is 3.91. The highest BCUT2D eigenvalue weighted by molar-refractivity contribution is 6.30.